The summed E-state index contributed by atoms with van der Waals surface area (Å²) in [5.74, 6) is -5.75. The van der Waals surface area contributed by atoms with Gasteiger partial charge in [-0.05, 0) is 91.0 Å². The first-order chi connectivity index (χ1) is 27.9. The van der Waals surface area contributed by atoms with Crippen molar-refractivity contribution in [2.24, 2.45) is 29.6 Å². The maximum Gasteiger partial charge on any atom is 0.407 e. The minimum Gasteiger partial charge on any atom is -0.459 e. The Morgan fingerprint density at radius 1 is 1.12 bits per heavy atom. The van der Waals surface area contributed by atoms with Crippen LogP contribution in [0.2, 0.25) is 0 Å². The Morgan fingerprint density at radius 2 is 1.83 bits per heavy atom. The predicted octanol–water partition coefficient (Wildman–Crippen LogP) is 5.23. The summed E-state index contributed by atoms with van der Waals surface area (Å²) in [6.45, 7) is 14.0. The molecule has 59 heavy (non-hydrogen) atoms. The number of likely N-dealkylation sites (N-methyl/N-ethyl adjacent to an activating group) is 1. The average Bonchev–Trinajstić information content (AvgIpc) is 3.52. The standard InChI is InChI=1S/C44H62N4O10S/c1-11-34-44(8)39(47-43(59)58-44)26(5)35(49)23(2)19-31(28(7)55-42(53)45-18-14-15-29-21-30-16-12-13-17-32(30)46-22-29)38(25(4)36(50)27(6)40(52)56-34)57-41-37(51)33(48(9)10)20-24(3)54-41/h12-17,21-28,31,33-34,37-39,41,51H,11,18-20H2,1-10H3,(H,45,53)(H,47,59)/b15-14+/t23-,24-,25+,26+,27-,28?,31?,33+,34-,37-,38-,39-,41+,44-/m1/s1. The number of ether oxygens (including phenoxy) is 5. The van der Waals surface area contributed by atoms with E-state index in [9.17, 15) is 24.3 Å². The number of pyridine rings is 1. The lowest BCUT2D eigenvalue weighted by molar-refractivity contribution is -0.281. The number of cyclic esters (lactones) is 1. The van der Waals surface area contributed by atoms with Crippen molar-refractivity contribution in [3.8, 4) is 0 Å². The number of hydrogen-bond acceptors (Lipinski definition) is 13. The van der Waals surface area contributed by atoms with E-state index < -0.39 is 89.8 Å². The molecule has 2 aromatic rings. The van der Waals surface area contributed by atoms with Crippen LogP contribution in [0.15, 0.2) is 42.6 Å². The van der Waals surface area contributed by atoms with Crippen molar-refractivity contribution < 1.29 is 48.0 Å². The van der Waals surface area contributed by atoms with Crippen LogP contribution < -0.4 is 10.6 Å². The van der Waals surface area contributed by atoms with E-state index in [2.05, 4.69) is 15.6 Å². The number of aliphatic hydroxyl groups excluding tert-OH is 1. The van der Waals surface area contributed by atoms with Crippen LogP contribution in [0.3, 0.4) is 0 Å². The number of benzene rings is 1. The highest BCUT2D eigenvalue weighted by molar-refractivity contribution is 7.80. The number of hydrogen-bond donors (Lipinski definition) is 3. The Hall–Kier alpha value is -4.02. The fourth-order valence-corrected chi connectivity index (χ4v) is 9.22. The molecule has 14 atom stereocenters. The number of aliphatic hydroxyl groups is 1. The van der Waals surface area contributed by atoms with E-state index in [0.29, 0.717) is 12.8 Å². The maximum absolute atomic E-state index is 14.5. The van der Waals surface area contributed by atoms with Crippen molar-refractivity contribution >= 4 is 58.0 Å². The molecule has 1 aromatic heterocycles. The number of thiocarbonyl (C=S) groups is 1. The largest absolute Gasteiger partial charge is 0.459 e. The molecule has 3 saturated heterocycles. The number of rotatable bonds is 9. The van der Waals surface area contributed by atoms with Crippen LogP contribution in [0.4, 0.5) is 4.79 Å². The summed E-state index contributed by atoms with van der Waals surface area (Å²) in [5, 5.41) is 18.6. The number of para-hydroxylation sites is 1. The van der Waals surface area contributed by atoms with E-state index in [1.54, 1.807) is 46.9 Å². The zero-order chi connectivity index (χ0) is 43.3. The molecular weight excluding hydrogens is 777 g/mol. The zero-order valence-electron chi connectivity index (χ0n) is 35.9. The third-order valence-electron chi connectivity index (χ3n) is 12.4. The van der Waals surface area contributed by atoms with Crippen LogP contribution >= 0.6 is 12.2 Å². The molecule has 0 radical (unpaired) electrons. The number of ketones is 2. The first-order valence-corrected chi connectivity index (χ1v) is 21.2. The summed E-state index contributed by atoms with van der Waals surface area (Å²) in [6.07, 6.45) is 0.193. The lowest BCUT2D eigenvalue weighted by atomic mass is 9.73. The molecule has 3 N–H and O–H groups in total. The zero-order valence-corrected chi connectivity index (χ0v) is 36.7. The molecule has 0 spiro atoms. The lowest BCUT2D eigenvalue weighted by Gasteiger charge is -2.45. The Kier molecular flexibility index (Phi) is 15.3. The van der Waals surface area contributed by atoms with Gasteiger partial charge < -0.3 is 44.3 Å². The molecule has 2 unspecified atom stereocenters. The van der Waals surface area contributed by atoms with Crippen molar-refractivity contribution in [2.75, 3.05) is 20.6 Å². The molecule has 3 aliphatic rings. The molecule has 0 aliphatic carbocycles. The number of nitrogens with zero attached hydrogens (tertiary/aromatic N) is 2. The number of fused-ring (bicyclic) bond motifs is 2. The summed E-state index contributed by atoms with van der Waals surface area (Å²) in [4.78, 5) is 62.6. The van der Waals surface area contributed by atoms with E-state index >= 15 is 0 Å². The van der Waals surface area contributed by atoms with Crippen LogP contribution in [0.1, 0.15) is 80.2 Å². The van der Waals surface area contributed by atoms with Gasteiger partial charge in [0.1, 0.15) is 30.0 Å². The lowest BCUT2D eigenvalue weighted by Crippen LogP contribution is -2.58. The highest BCUT2D eigenvalue weighted by atomic mass is 32.1. The number of esters is 1. The molecule has 3 fully saturated rings. The van der Waals surface area contributed by atoms with Crippen LogP contribution in [0, 0.1) is 29.6 Å². The van der Waals surface area contributed by atoms with Gasteiger partial charge in [0.15, 0.2) is 17.7 Å². The number of amides is 1. The molecule has 3 aliphatic heterocycles. The predicted molar refractivity (Wildman–Crippen MR) is 226 cm³/mol. The number of alkyl carbamates (subject to hydrolysis) is 1. The van der Waals surface area contributed by atoms with Crippen molar-refractivity contribution in [1.82, 2.24) is 20.5 Å². The monoisotopic (exact) mass is 838 g/mol. The van der Waals surface area contributed by atoms with Crippen LogP contribution in [0.25, 0.3) is 17.0 Å². The summed E-state index contributed by atoms with van der Waals surface area (Å²) < 4.78 is 31.0. The molecular formula is C44H62N4O10S. The molecule has 15 heteroatoms. The van der Waals surface area contributed by atoms with Gasteiger partial charge in [-0.15, -0.1) is 0 Å². The van der Waals surface area contributed by atoms with E-state index in [4.69, 9.17) is 35.9 Å². The minimum absolute atomic E-state index is 0.0841. The third-order valence-corrected chi connectivity index (χ3v) is 12.6. The third kappa shape index (κ3) is 10.5. The first-order valence-electron chi connectivity index (χ1n) is 20.7. The van der Waals surface area contributed by atoms with Gasteiger partial charge in [-0.3, -0.25) is 19.4 Å². The van der Waals surface area contributed by atoms with Crippen molar-refractivity contribution in [1.29, 1.82) is 0 Å². The molecule has 4 heterocycles. The second kappa shape index (κ2) is 19.6. The number of carbonyl (C=O) groups excluding carboxylic acids is 4. The molecule has 324 valence electrons. The normalized spacial score (nSPS) is 35.4. The quantitative estimate of drug-likeness (QED) is 0.170. The second-order valence-corrected chi connectivity index (χ2v) is 17.3. The summed E-state index contributed by atoms with van der Waals surface area (Å²) in [6, 6.07) is 8.80. The van der Waals surface area contributed by atoms with Gasteiger partial charge in [0.2, 0.25) is 0 Å². The summed E-state index contributed by atoms with van der Waals surface area (Å²) in [7, 11) is 3.71. The topological polar surface area (TPSA) is 175 Å². The van der Waals surface area contributed by atoms with Gasteiger partial charge in [0.25, 0.3) is 5.17 Å². The van der Waals surface area contributed by atoms with Crippen LogP contribution in [-0.4, -0.2) is 119 Å². The Balaban J connectivity index is 1.47. The molecule has 14 nitrogen and oxygen atoms in total. The van der Waals surface area contributed by atoms with Crippen molar-refractivity contribution in [3.63, 3.8) is 0 Å². The summed E-state index contributed by atoms with van der Waals surface area (Å²) >= 11 is 5.42. The number of nitrogens with one attached hydrogen (secondary N) is 2. The molecule has 1 aromatic carbocycles. The highest BCUT2D eigenvalue weighted by Crippen LogP contribution is 2.39. The van der Waals surface area contributed by atoms with E-state index in [1.807, 2.05) is 69.3 Å². The van der Waals surface area contributed by atoms with Crippen LogP contribution in [0.5, 0.6) is 0 Å². The van der Waals surface area contributed by atoms with Gasteiger partial charge in [0, 0.05) is 47.8 Å². The fourth-order valence-electron chi connectivity index (χ4n) is 8.91. The van der Waals surface area contributed by atoms with Gasteiger partial charge in [-0.25, -0.2) is 4.79 Å². The molecule has 5 rings (SSSR count). The maximum atomic E-state index is 14.5. The molecule has 0 saturated carbocycles. The number of carbonyl (C=O) groups is 4. The number of Topliss-reactive ketones (excluding diaryl/α,β-unsaturated/α-hetero) is 2. The fraction of sp³-hybridized carbons (Fsp3) is 0.636. The van der Waals surface area contributed by atoms with Gasteiger partial charge in [0.05, 0.1) is 23.8 Å². The molecule has 0 bridgehead atoms. The highest BCUT2D eigenvalue weighted by Gasteiger charge is 2.55. The van der Waals surface area contributed by atoms with Crippen molar-refractivity contribution in [2.45, 2.75) is 129 Å². The number of aromatic nitrogens is 1. The second-order valence-electron chi connectivity index (χ2n) is 17.0. The van der Waals surface area contributed by atoms with Gasteiger partial charge in [-0.1, -0.05) is 58.0 Å². The first kappa shape index (κ1) is 46.1. The minimum atomic E-state index is -1.23. The van der Waals surface area contributed by atoms with Gasteiger partial charge >= 0.3 is 12.1 Å². The van der Waals surface area contributed by atoms with Crippen LogP contribution in [-0.2, 0) is 38.1 Å². The summed E-state index contributed by atoms with van der Waals surface area (Å²) in [5.41, 5.74) is 0.535. The molecule has 1 amide bonds. The Labute approximate surface area is 353 Å². The van der Waals surface area contributed by atoms with E-state index in [-0.39, 0.29) is 36.1 Å². The van der Waals surface area contributed by atoms with Crippen molar-refractivity contribution in [3.05, 3.63) is 48.2 Å². The SMILES string of the molecule is CC[C@H]1OC(=O)[C@H](C)C(=O)[C@H](C)[C@@H](O[C@@H]2O[C@H](C)C[C@H](N(C)C)[C@H]2O)C(C(C)OC(=O)NC/C=C/c2cnc3ccccc3c2)C[C@@H](C)C(=O)[C@H](C)[C@H]2NC(=S)O[C@@]21C. The van der Waals surface area contributed by atoms with E-state index in [1.165, 1.54) is 6.92 Å². The van der Waals surface area contributed by atoms with Gasteiger partial charge in [-0.2, -0.15) is 0 Å². The Bertz CT molecular complexity index is 1880. The average molecular weight is 839 g/mol. The Morgan fingerprint density at radius 3 is 2.53 bits per heavy atom. The smallest absolute Gasteiger partial charge is 0.407 e. The van der Waals surface area contributed by atoms with E-state index in [0.717, 1.165) is 16.5 Å².